The summed E-state index contributed by atoms with van der Waals surface area (Å²) in [5.74, 6) is 0. The van der Waals surface area contributed by atoms with Crippen LogP contribution in [-0.2, 0) is 14.0 Å². The zero-order chi connectivity index (χ0) is 15.3. The van der Waals surface area contributed by atoms with Gasteiger partial charge in [0, 0.05) is 12.3 Å². The van der Waals surface area contributed by atoms with Crippen LogP contribution in [0.1, 0.15) is 58.9 Å². The van der Waals surface area contributed by atoms with E-state index in [2.05, 4.69) is 39.7 Å². The summed E-state index contributed by atoms with van der Waals surface area (Å²) in [5.41, 5.74) is 1.25. The smallest absolute Gasteiger partial charge is 0.398 e. The van der Waals surface area contributed by atoms with Crippen LogP contribution in [0.15, 0.2) is 6.07 Å². The van der Waals surface area contributed by atoms with Crippen molar-refractivity contribution >= 4 is 12.7 Å². The van der Waals surface area contributed by atoms with Gasteiger partial charge in [-0.1, -0.05) is 0 Å². The van der Waals surface area contributed by atoms with E-state index in [1.165, 1.54) is 6.42 Å². The first-order valence-electron chi connectivity index (χ1n) is 7.83. The zero-order valence-electron chi connectivity index (χ0n) is 13.7. The first kappa shape index (κ1) is 15.1. The van der Waals surface area contributed by atoms with E-state index in [1.807, 2.05) is 10.7 Å². The number of hydrogen-bond donors (Lipinski definition) is 0. The van der Waals surface area contributed by atoms with Crippen LogP contribution < -0.4 is 5.59 Å². The van der Waals surface area contributed by atoms with Gasteiger partial charge in [-0.05, 0) is 59.9 Å². The number of aromatic nitrogens is 2. The molecule has 0 N–H and O–H groups in total. The lowest BCUT2D eigenvalue weighted by atomic mass is 9.85. The molecule has 0 unspecified atom stereocenters. The highest BCUT2D eigenvalue weighted by Gasteiger charge is 2.52. The highest BCUT2D eigenvalue weighted by atomic mass is 16.7. The van der Waals surface area contributed by atoms with Crippen molar-refractivity contribution in [3.63, 3.8) is 0 Å². The summed E-state index contributed by atoms with van der Waals surface area (Å²) in [6, 6.07) is 2.04. The molecule has 0 aliphatic carbocycles. The van der Waals surface area contributed by atoms with Gasteiger partial charge >= 0.3 is 7.12 Å². The highest BCUT2D eigenvalue weighted by Crippen LogP contribution is 2.36. The van der Waals surface area contributed by atoms with Crippen LogP contribution in [0.25, 0.3) is 0 Å². The van der Waals surface area contributed by atoms with E-state index in [9.17, 15) is 0 Å². The quantitative estimate of drug-likeness (QED) is 0.784. The molecule has 3 heterocycles. The average molecular weight is 292 g/mol. The maximum absolute atomic E-state index is 6.07. The van der Waals surface area contributed by atoms with E-state index in [1.54, 1.807) is 0 Å². The van der Waals surface area contributed by atoms with Crippen molar-refractivity contribution in [2.45, 2.75) is 71.3 Å². The number of aryl methyl sites for hydroxylation is 1. The largest absolute Gasteiger partial charge is 0.516 e. The predicted octanol–water partition coefficient (Wildman–Crippen LogP) is 2.19. The molecule has 0 amide bonds. The topological polar surface area (TPSA) is 45.5 Å². The van der Waals surface area contributed by atoms with Gasteiger partial charge in [-0.15, -0.1) is 0 Å². The molecule has 1 atom stereocenters. The fraction of sp³-hybridized carbons (Fsp3) is 0.800. The van der Waals surface area contributed by atoms with Crippen LogP contribution in [0.3, 0.4) is 0 Å². The Balaban J connectivity index is 1.81. The van der Waals surface area contributed by atoms with Crippen molar-refractivity contribution < 1.29 is 14.0 Å². The molecule has 0 aromatic carbocycles. The Bertz CT molecular complexity index is 505. The minimum absolute atomic E-state index is 0.0509. The number of nitrogens with zero attached hydrogens (tertiary/aromatic N) is 2. The SMILES string of the molecule is Cc1cc(B2OC(C)(C)C(C)(C)O2)nn1[C@H]1CCCCO1. The van der Waals surface area contributed by atoms with E-state index in [4.69, 9.17) is 14.0 Å². The van der Waals surface area contributed by atoms with Gasteiger partial charge in [-0.2, -0.15) is 5.10 Å². The lowest BCUT2D eigenvalue weighted by molar-refractivity contribution is -0.0404. The van der Waals surface area contributed by atoms with Gasteiger partial charge in [-0.25, -0.2) is 4.68 Å². The Kier molecular flexibility index (Phi) is 3.67. The molecule has 0 bridgehead atoms. The van der Waals surface area contributed by atoms with Gasteiger partial charge in [0.2, 0.25) is 0 Å². The zero-order valence-corrected chi connectivity index (χ0v) is 13.7. The summed E-state index contributed by atoms with van der Waals surface area (Å²) in [4.78, 5) is 0. The van der Waals surface area contributed by atoms with E-state index in [-0.39, 0.29) is 17.4 Å². The monoisotopic (exact) mass is 292 g/mol. The van der Waals surface area contributed by atoms with Crippen molar-refractivity contribution in [1.29, 1.82) is 0 Å². The molecule has 6 heteroatoms. The predicted molar refractivity (Wildman–Crippen MR) is 81.5 cm³/mol. The van der Waals surface area contributed by atoms with Gasteiger partial charge < -0.3 is 14.0 Å². The fourth-order valence-corrected chi connectivity index (χ4v) is 2.80. The summed E-state index contributed by atoms with van der Waals surface area (Å²) in [6.45, 7) is 11.1. The highest BCUT2D eigenvalue weighted by molar-refractivity contribution is 6.61. The normalized spacial score (nSPS) is 28.0. The molecule has 0 saturated carbocycles. The van der Waals surface area contributed by atoms with E-state index in [0.29, 0.717) is 0 Å². The van der Waals surface area contributed by atoms with Gasteiger partial charge in [0.1, 0.15) is 6.23 Å². The average Bonchev–Trinajstić information content (AvgIpc) is 2.89. The minimum atomic E-state index is -0.404. The third-order valence-electron chi connectivity index (χ3n) is 4.86. The molecule has 0 radical (unpaired) electrons. The number of ether oxygens (including phenoxy) is 1. The lowest BCUT2D eigenvalue weighted by Crippen LogP contribution is -2.41. The molecule has 1 aromatic rings. The summed E-state index contributed by atoms with van der Waals surface area (Å²) in [5, 5.41) is 4.69. The molecule has 1 aromatic heterocycles. The third-order valence-corrected chi connectivity index (χ3v) is 4.86. The molecule has 5 nitrogen and oxygen atoms in total. The van der Waals surface area contributed by atoms with Gasteiger partial charge in [0.15, 0.2) is 0 Å². The summed E-state index contributed by atoms with van der Waals surface area (Å²) in [7, 11) is -0.404. The van der Waals surface area contributed by atoms with Crippen LogP contribution in [0.4, 0.5) is 0 Å². The van der Waals surface area contributed by atoms with E-state index in [0.717, 1.165) is 30.7 Å². The van der Waals surface area contributed by atoms with Crippen molar-refractivity contribution in [1.82, 2.24) is 9.78 Å². The minimum Gasteiger partial charge on any atom is -0.398 e. The second-order valence-electron chi connectivity index (χ2n) is 7.06. The number of hydrogen-bond acceptors (Lipinski definition) is 4. The van der Waals surface area contributed by atoms with Crippen LogP contribution in [0.2, 0.25) is 0 Å². The molecule has 0 spiro atoms. The summed E-state index contributed by atoms with van der Waals surface area (Å²) < 4.78 is 19.9. The molecule has 2 aliphatic rings. The molecule has 3 rings (SSSR count). The Morgan fingerprint density at radius 2 is 1.86 bits per heavy atom. The van der Waals surface area contributed by atoms with Crippen molar-refractivity contribution in [2.24, 2.45) is 0 Å². The fourth-order valence-electron chi connectivity index (χ4n) is 2.80. The molecule has 2 saturated heterocycles. The van der Waals surface area contributed by atoms with Gasteiger partial charge in [-0.3, -0.25) is 0 Å². The van der Waals surface area contributed by atoms with Gasteiger partial charge in [0.25, 0.3) is 0 Å². The third kappa shape index (κ3) is 2.65. The Morgan fingerprint density at radius 3 is 2.43 bits per heavy atom. The van der Waals surface area contributed by atoms with Gasteiger partial charge in [0.05, 0.1) is 16.8 Å². The second-order valence-corrected chi connectivity index (χ2v) is 7.06. The van der Waals surface area contributed by atoms with Crippen molar-refractivity contribution in [3.8, 4) is 0 Å². The summed E-state index contributed by atoms with van der Waals surface area (Å²) >= 11 is 0. The molecular formula is C15H25BN2O3. The molecular weight excluding hydrogens is 267 g/mol. The first-order valence-corrected chi connectivity index (χ1v) is 7.83. The Morgan fingerprint density at radius 1 is 1.19 bits per heavy atom. The maximum atomic E-state index is 6.07. The number of rotatable bonds is 2. The standard InChI is InChI=1S/C15H25BN2O3/c1-11-10-12(16-20-14(2,3)15(4,5)21-16)17-18(11)13-8-6-7-9-19-13/h10,13H,6-9H2,1-5H3/t13-/m1/s1. The van der Waals surface area contributed by atoms with Crippen LogP contribution in [-0.4, -0.2) is 34.7 Å². The molecule has 21 heavy (non-hydrogen) atoms. The first-order chi connectivity index (χ1) is 9.80. The van der Waals surface area contributed by atoms with Crippen LogP contribution in [0.5, 0.6) is 0 Å². The van der Waals surface area contributed by atoms with Crippen molar-refractivity contribution in [2.75, 3.05) is 6.61 Å². The molecule has 116 valence electrons. The lowest BCUT2D eigenvalue weighted by Gasteiger charge is -2.32. The van der Waals surface area contributed by atoms with Crippen LogP contribution >= 0.6 is 0 Å². The Hall–Kier alpha value is -0.845. The molecule has 2 fully saturated rings. The Labute approximate surface area is 127 Å². The van der Waals surface area contributed by atoms with E-state index >= 15 is 0 Å². The van der Waals surface area contributed by atoms with Crippen molar-refractivity contribution in [3.05, 3.63) is 11.8 Å². The van der Waals surface area contributed by atoms with E-state index < -0.39 is 7.12 Å². The maximum Gasteiger partial charge on any atom is 0.516 e. The second kappa shape index (κ2) is 5.11. The van der Waals surface area contributed by atoms with Crippen LogP contribution in [0, 0.1) is 6.92 Å². The summed E-state index contributed by atoms with van der Waals surface area (Å²) in [6.07, 6.45) is 3.40. The molecule has 2 aliphatic heterocycles.